The van der Waals surface area contributed by atoms with E-state index in [-0.39, 0.29) is 0 Å². The number of benzene rings is 2. The van der Waals surface area contributed by atoms with Crippen LogP contribution in [-0.2, 0) is 6.42 Å². The van der Waals surface area contributed by atoms with Gasteiger partial charge in [-0.05, 0) is 53.6 Å². The second-order valence-corrected chi connectivity index (χ2v) is 4.92. The molecule has 0 fully saturated rings. The van der Waals surface area contributed by atoms with Gasteiger partial charge in [0.15, 0.2) is 0 Å². The van der Waals surface area contributed by atoms with Crippen LogP contribution in [0.4, 0.5) is 0 Å². The number of rotatable bonds is 1. The molecule has 0 saturated heterocycles. The Morgan fingerprint density at radius 3 is 2.53 bits per heavy atom. The Bertz CT molecular complexity index is 618. The summed E-state index contributed by atoms with van der Waals surface area (Å²) in [4.78, 5) is 0. The molecule has 0 nitrogen and oxygen atoms in total. The van der Waals surface area contributed by atoms with Gasteiger partial charge in [-0.25, -0.2) is 0 Å². The van der Waals surface area contributed by atoms with Crippen LogP contribution in [0.3, 0.4) is 0 Å². The van der Waals surface area contributed by atoms with E-state index < -0.39 is 0 Å². The summed E-state index contributed by atoms with van der Waals surface area (Å²) in [5.41, 5.74) is 9.62. The highest BCUT2D eigenvalue weighted by atomic mass is 14.2. The predicted molar refractivity (Wildman–Crippen MR) is 74.2 cm³/mol. The molecule has 0 atom stereocenters. The molecule has 0 unspecified atom stereocenters. The third-order valence-electron chi connectivity index (χ3n) is 3.57. The van der Waals surface area contributed by atoms with E-state index in [1.165, 1.54) is 38.9 Å². The van der Waals surface area contributed by atoms with Crippen molar-refractivity contribution in [3.63, 3.8) is 0 Å². The second kappa shape index (κ2) is 3.59. The highest BCUT2D eigenvalue weighted by Crippen LogP contribution is 2.39. The van der Waals surface area contributed by atoms with Gasteiger partial charge >= 0.3 is 0 Å². The molecule has 0 spiro atoms. The fourth-order valence-electron chi connectivity index (χ4n) is 2.75. The van der Waals surface area contributed by atoms with Crippen LogP contribution in [0.1, 0.15) is 27.8 Å². The summed E-state index contributed by atoms with van der Waals surface area (Å²) in [7, 11) is 0. The third kappa shape index (κ3) is 1.52. The first-order valence-electron chi connectivity index (χ1n) is 6.05. The number of aryl methyl sites for hydroxylation is 2. The average molecular weight is 220 g/mol. The fourth-order valence-corrected chi connectivity index (χ4v) is 2.75. The van der Waals surface area contributed by atoms with Crippen molar-refractivity contribution in [3.8, 4) is 11.1 Å². The second-order valence-electron chi connectivity index (χ2n) is 4.92. The molecule has 3 rings (SSSR count). The first-order valence-corrected chi connectivity index (χ1v) is 6.05. The van der Waals surface area contributed by atoms with Gasteiger partial charge in [-0.15, -0.1) is 0 Å². The van der Waals surface area contributed by atoms with Crippen molar-refractivity contribution in [3.05, 3.63) is 64.7 Å². The quantitative estimate of drug-likeness (QED) is 0.565. The lowest BCUT2D eigenvalue weighted by atomic mass is 9.98. The zero-order chi connectivity index (χ0) is 12.0. The van der Waals surface area contributed by atoms with Crippen molar-refractivity contribution in [2.45, 2.75) is 20.3 Å². The Hall–Kier alpha value is -1.82. The van der Waals surface area contributed by atoms with Crippen molar-refractivity contribution in [1.29, 1.82) is 0 Å². The summed E-state index contributed by atoms with van der Waals surface area (Å²) < 4.78 is 0. The van der Waals surface area contributed by atoms with Gasteiger partial charge in [0.2, 0.25) is 0 Å². The molecule has 0 saturated carbocycles. The molecule has 0 radical (unpaired) electrons. The standard InChI is InChI=1S/C17H16/c1-4-13-7-12(3)9-17-15-8-11(2)5-6-14(15)10-16(13)17/h4-9H,1,10H2,2-3H3. The number of fused-ring (bicyclic) bond motifs is 3. The molecule has 1 aliphatic rings. The maximum Gasteiger partial charge on any atom is -0.000750 e. The lowest BCUT2D eigenvalue weighted by Gasteiger charge is -2.07. The minimum absolute atomic E-state index is 1.05. The molecule has 0 N–H and O–H groups in total. The van der Waals surface area contributed by atoms with Gasteiger partial charge in [0.1, 0.15) is 0 Å². The van der Waals surface area contributed by atoms with Crippen LogP contribution in [0.2, 0.25) is 0 Å². The molecular formula is C17H16. The largest absolute Gasteiger partial charge is 0.0985 e. The molecular weight excluding hydrogens is 204 g/mol. The van der Waals surface area contributed by atoms with E-state index in [0.717, 1.165) is 6.42 Å². The Kier molecular flexibility index (Phi) is 2.19. The van der Waals surface area contributed by atoms with E-state index in [0.29, 0.717) is 0 Å². The van der Waals surface area contributed by atoms with Gasteiger partial charge in [-0.2, -0.15) is 0 Å². The molecule has 1 aliphatic carbocycles. The molecule has 0 heteroatoms. The Balaban J connectivity index is 2.31. The third-order valence-corrected chi connectivity index (χ3v) is 3.57. The minimum Gasteiger partial charge on any atom is -0.0985 e. The maximum absolute atomic E-state index is 3.93. The first-order chi connectivity index (χ1) is 8.19. The Morgan fingerprint density at radius 2 is 1.76 bits per heavy atom. The Labute approximate surface area is 103 Å². The smallest absolute Gasteiger partial charge is 0.000750 e. The van der Waals surface area contributed by atoms with Gasteiger partial charge in [0.05, 0.1) is 0 Å². The van der Waals surface area contributed by atoms with Crippen molar-refractivity contribution < 1.29 is 0 Å². The SMILES string of the molecule is C=Cc1cc(C)cc2c1Cc1ccc(C)cc1-2. The topological polar surface area (TPSA) is 0 Å². The summed E-state index contributed by atoms with van der Waals surface area (Å²) in [5.74, 6) is 0. The van der Waals surface area contributed by atoms with Crippen LogP contribution in [-0.4, -0.2) is 0 Å². The number of hydrogen-bond donors (Lipinski definition) is 0. The lowest BCUT2D eigenvalue weighted by Crippen LogP contribution is -1.87. The maximum atomic E-state index is 3.93. The van der Waals surface area contributed by atoms with Gasteiger partial charge in [0, 0.05) is 0 Å². The van der Waals surface area contributed by atoms with Gasteiger partial charge in [-0.1, -0.05) is 48.6 Å². The Morgan fingerprint density at radius 1 is 1.00 bits per heavy atom. The fraction of sp³-hybridized carbons (Fsp3) is 0.176. The molecule has 0 aliphatic heterocycles. The van der Waals surface area contributed by atoms with E-state index in [2.05, 4.69) is 50.8 Å². The molecule has 0 heterocycles. The van der Waals surface area contributed by atoms with E-state index in [9.17, 15) is 0 Å². The number of hydrogen-bond acceptors (Lipinski definition) is 0. The average Bonchev–Trinajstić information content (AvgIpc) is 2.66. The zero-order valence-corrected chi connectivity index (χ0v) is 10.4. The summed E-state index contributed by atoms with van der Waals surface area (Å²) >= 11 is 0. The van der Waals surface area contributed by atoms with Crippen molar-refractivity contribution >= 4 is 6.08 Å². The molecule has 0 amide bonds. The summed E-state index contributed by atoms with van der Waals surface area (Å²) in [5, 5.41) is 0. The van der Waals surface area contributed by atoms with Crippen molar-refractivity contribution in [1.82, 2.24) is 0 Å². The van der Waals surface area contributed by atoms with E-state index in [1.807, 2.05) is 6.08 Å². The van der Waals surface area contributed by atoms with Crippen LogP contribution in [0, 0.1) is 13.8 Å². The molecule has 84 valence electrons. The van der Waals surface area contributed by atoms with E-state index in [1.54, 1.807) is 0 Å². The summed E-state index contributed by atoms with van der Waals surface area (Å²) in [6, 6.07) is 11.3. The van der Waals surface area contributed by atoms with Crippen LogP contribution < -0.4 is 0 Å². The van der Waals surface area contributed by atoms with Crippen molar-refractivity contribution in [2.24, 2.45) is 0 Å². The molecule has 2 aromatic carbocycles. The zero-order valence-electron chi connectivity index (χ0n) is 10.4. The normalized spacial score (nSPS) is 12.1. The molecule has 2 aromatic rings. The van der Waals surface area contributed by atoms with Crippen LogP contribution in [0.15, 0.2) is 36.9 Å². The van der Waals surface area contributed by atoms with E-state index >= 15 is 0 Å². The first kappa shape index (κ1) is 10.3. The van der Waals surface area contributed by atoms with Gasteiger partial charge in [-0.3, -0.25) is 0 Å². The summed E-state index contributed by atoms with van der Waals surface area (Å²) in [6.45, 7) is 8.24. The van der Waals surface area contributed by atoms with Gasteiger partial charge in [0.25, 0.3) is 0 Å². The van der Waals surface area contributed by atoms with Crippen LogP contribution >= 0.6 is 0 Å². The highest BCUT2D eigenvalue weighted by molar-refractivity contribution is 5.81. The van der Waals surface area contributed by atoms with Crippen LogP contribution in [0.25, 0.3) is 17.2 Å². The predicted octanol–water partition coefficient (Wildman–Crippen LogP) is 4.52. The van der Waals surface area contributed by atoms with E-state index in [4.69, 9.17) is 0 Å². The highest BCUT2D eigenvalue weighted by Gasteiger charge is 2.20. The molecule has 0 aromatic heterocycles. The lowest BCUT2D eigenvalue weighted by molar-refractivity contribution is 1.24. The molecule has 0 bridgehead atoms. The summed E-state index contributed by atoms with van der Waals surface area (Å²) in [6.07, 6.45) is 3.02. The minimum atomic E-state index is 1.05. The van der Waals surface area contributed by atoms with Crippen molar-refractivity contribution in [2.75, 3.05) is 0 Å². The van der Waals surface area contributed by atoms with Crippen LogP contribution in [0.5, 0.6) is 0 Å². The van der Waals surface area contributed by atoms with Gasteiger partial charge < -0.3 is 0 Å². The monoisotopic (exact) mass is 220 g/mol. The molecule has 17 heavy (non-hydrogen) atoms.